The summed E-state index contributed by atoms with van der Waals surface area (Å²) in [5.74, 6) is -2.93. The van der Waals surface area contributed by atoms with Gasteiger partial charge in [0.25, 0.3) is 0 Å². The van der Waals surface area contributed by atoms with Crippen LogP contribution in [0, 0.1) is 5.41 Å². The van der Waals surface area contributed by atoms with E-state index in [2.05, 4.69) is 33.9 Å². The number of carbonyl (C=O) groups excluding carboxylic acids is 5. The maximum atomic E-state index is 13.0. The highest BCUT2D eigenvalue weighted by Gasteiger charge is 2.32. The van der Waals surface area contributed by atoms with E-state index in [4.69, 9.17) is 16.9 Å². The average Bonchev–Trinajstić information content (AvgIpc) is 2.90. The highest BCUT2D eigenvalue weighted by Crippen LogP contribution is 2.17. The normalized spacial score (nSPS) is 15.9. The fourth-order valence-electron chi connectivity index (χ4n) is 3.70. The van der Waals surface area contributed by atoms with Crippen molar-refractivity contribution in [3.8, 4) is 0 Å². The molecule has 14 heteroatoms. The molecule has 4 amide bonds. The largest absolute Gasteiger partial charge is 0.370 e. The molecule has 201 valence electrons. The van der Waals surface area contributed by atoms with E-state index in [1.165, 1.54) is 0 Å². The van der Waals surface area contributed by atoms with Crippen LogP contribution < -0.4 is 32.7 Å². The Labute approximate surface area is 220 Å². The first kappa shape index (κ1) is 29.7. The van der Waals surface area contributed by atoms with Gasteiger partial charge in [0.2, 0.25) is 29.9 Å². The smallest absolute Gasteiger partial charge is 0.249 e. The van der Waals surface area contributed by atoms with Gasteiger partial charge < -0.3 is 32.7 Å². The second kappa shape index (κ2) is 14.9. The average molecular weight is 534 g/mol. The molecule has 0 spiro atoms. The van der Waals surface area contributed by atoms with Crippen LogP contribution >= 0.6 is 12.6 Å². The van der Waals surface area contributed by atoms with Gasteiger partial charge in [0, 0.05) is 18.8 Å². The van der Waals surface area contributed by atoms with E-state index in [-0.39, 0.29) is 18.1 Å². The van der Waals surface area contributed by atoms with Crippen LogP contribution in [0.2, 0.25) is 0 Å². The molecule has 13 nitrogen and oxygen atoms in total. The molecule has 0 aliphatic carbocycles. The minimum atomic E-state index is -1.08. The lowest BCUT2D eigenvalue weighted by Gasteiger charge is -2.29. The number of benzene rings is 1. The number of nitrogens with one attached hydrogen (secondary N) is 5. The predicted octanol–water partition coefficient (Wildman–Crippen LogP) is -2.71. The second-order valence-electron chi connectivity index (χ2n) is 8.42. The molecular formula is C23H33N8O5S. The van der Waals surface area contributed by atoms with Crippen molar-refractivity contribution in [2.24, 2.45) is 11.5 Å². The molecule has 0 saturated carbocycles. The molecule has 9 N–H and O–H groups in total. The van der Waals surface area contributed by atoms with Gasteiger partial charge in [0.15, 0.2) is 5.96 Å². The first-order chi connectivity index (χ1) is 17.7. The van der Waals surface area contributed by atoms with E-state index in [0.29, 0.717) is 25.9 Å². The van der Waals surface area contributed by atoms with Crippen molar-refractivity contribution in [1.29, 1.82) is 5.41 Å². The molecule has 1 aromatic carbocycles. The third-order valence-electron chi connectivity index (χ3n) is 5.74. The van der Waals surface area contributed by atoms with Crippen LogP contribution in [-0.2, 0) is 36.9 Å². The van der Waals surface area contributed by atoms with Gasteiger partial charge in [-0.05, 0) is 30.4 Å². The highest BCUT2D eigenvalue weighted by molar-refractivity contribution is 7.80. The number of nitrogens with two attached hydrogens (primary N) is 2. The number of thiol groups is 1. The van der Waals surface area contributed by atoms with Gasteiger partial charge in [-0.25, -0.2) is 0 Å². The summed E-state index contributed by atoms with van der Waals surface area (Å²) in [5, 5.41) is 17.6. The van der Waals surface area contributed by atoms with Crippen LogP contribution in [0.3, 0.4) is 0 Å². The number of nitrogens with zero attached hydrogens (tertiary/aromatic N) is 1. The Morgan fingerprint density at radius 1 is 1.19 bits per heavy atom. The van der Waals surface area contributed by atoms with Crippen LogP contribution in [0.5, 0.6) is 0 Å². The van der Waals surface area contributed by atoms with Crippen molar-refractivity contribution in [1.82, 2.24) is 26.2 Å². The van der Waals surface area contributed by atoms with Gasteiger partial charge in [0.1, 0.15) is 6.04 Å². The van der Waals surface area contributed by atoms with E-state index < -0.39 is 54.8 Å². The fraction of sp³-hybridized carbons (Fsp3) is 0.478. The maximum Gasteiger partial charge on any atom is 0.249 e. The molecule has 37 heavy (non-hydrogen) atoms. The van der Waals surface area contributed by atoms with Crippen molar-refractivity contribution in [2.45, 2.75) is 43.9 Å². The summed E-state index contributed by atoms with van der Waals surface area (Å²) >= 11 is 4.08. The van der Waals surface area contributed by atoms with E-state index >= 15 is 0 Å². The van der Waals surface area contributed by atoms with Crippen molar-refractivity contribution in [2.75, 3.05) is 25.4 Å². The van der Waals surface area contributed by atoms with Gasteiger partial charge in [0.05, 0.1) is 25.2 Å². The Kier molecular flexibility index (Phi) is 12.0. The van der Waals surface area contributed by atoms with Crippen molar-refractivity contribution in [3.63, 3.8) is 0 Å². The van der Waals surface area contributed by atoms with Crippen LogP contribution in [0.4, 0.5) is 0 Å². The molecule has 1 unspecified atom stereocenters. The zero-order valence-corrected chi connectivity index (χ0v) is 21.2. The molecule has 1 aliphatic heterocycles. The third kappa shape index (κ3) is 9.15. The van der Waals surface area contributed by atoms with Gasteiger partial charge in [-0.15, -0.1) is 0 Å². The first-order valence-electron chi connectivity index (χ1n) is 11.7. The predicted molar refractivity (Wildman–Crippen MR) is 139 cm³/mol. The monoisotopic (exact) mass is 533 g/mol. The summed E-state index contributed by atoms with van der Waals surface area (Å²) in [6, 6.07) is 4.90. The Balaban J connectivity index is 1.88. The van der Waals surface area contributed by atoms with E-state index in [0.717, 1.165) is 16.0 Å². The molecule has 1 aliphatic rings. The minimum Gasteiger partial charge on any atom is -0.370 e. The molecular weight excluding hydrogens is 500 g/mol. The quantitative estimate of drug-likeness (QED) is 0.0572. The first-order valence-corrected chi connectivity index (χ1v) is 12.3. The maximum absolute atomic E-state index is 13.0. The molecule has 1 aromatic rings. The number of hydrogen-bond donors (Lipinski definition) is 8. The van der Waals surface area contributed by atoms with Gasteiger partial charge in [-0.2, -0.15) is 12.6 Å². The molecule has 2 rings (SSSR count). The lowest BCUT2D eigenvalue weighted by Crippen LogP contribution is -2.56. The van der Waals surface area contributed by atoms with E-state index in [1.54, 1.807) is 6.29 Å². The van der Waals surface area contributed by atoms with Crippen molar-refractivity contribution < 1.29 is 24.0 Å². The number of imide groups is 1. The van der Waals surface area contributed by atoms with Gasteiger partial charge in [-0.1, -0.05) is 24.3 Å². The second-order valence-corrected chi connectivity index (χ2v) is 8.78. The molecule has 0 saturated heterocycles. The molecule has 0 aromatic heterocycles. The minimum absolute atomic E-state index is 0.0689. The van der Waals surface area contributed by atoms with E-state index in [9.17, 15) is 24.0 Å². The number of amides is 4. The van der Waals surface area contributed by atoms with Crippen molar-refractivity contribution >= 4 is 48.5 Å². The SMILES string of the molecule is N=C(N)NCCC[C@H](N)C(=O)N[C@@H](CS)C(=O)NCC(=O)N(C[C]=O)C(=O)C1Cc2ccccc2CN1. The van der Waals surface area contributed by atoms with Gasteiger partial charge in [-0.3, -0.25) is 34.3 Å². The van der Waals surface area contributed by atoms with Gasteiger partial charge >= 0.3 is 0 Å². The zero-order chi connectivity index (χ0) is 27.4. The molecule has 0 fully saturated rings. The summed E-state index contributed by atoms with van der Waals surface area (Å²) < 4.78 is 0. The summed E-state index contributed by atoms with van der Waals surface area (Å²) in [4.78, 5) is 62.4. The fourth-order valence-corrected chi connectivity index (χ4v) is 3.96. The number of fused-ring (bicyclic) bond motifs is 1. The molecule has 1 heterocycles. The number of rotatable bonds is 13. The zero-order valence-electron chi connectivity index (χ0n) is 20.3. The molecule has 3 atom stereocenters. The lowest BCUT2D eigenvalue weighted by atomic mass is 9.95. The van der Waals surface area contributed by atoms with Crippen LogP contribution in [0.25, 0.3) is 0 Å². The Morgan fingerprint density at radius 2 is 1.89 bits per heavy atom. The summed E-state index contributed by atoms with van der Waals surface area (Å²) in [7, 11) is 0. The van der Waals surface area contributed by atoms with Crippen LogP contribution in [-0.4, -0.2) is 84.3 Å². The Bertz CT molecular complexity index is 1010. The Hall–Kier alpha value is -3.49. The number of carbonyl (C=O) groups is 4. The number of guanidine groups is 1. The summed E-state index contributed by atoms with van der Waals surface area (Å²) in [6.45, 7) is -0.341. The third-order valence-corrected chi connectivity index (χ3v) is 6.11. The molecule has 1 radical (unpaired) electrons. The summed E-state index contributed by atoms with van der Waals surface area (Å²) in [5.41, 5.74) is 13.0. The number of hydrogen-bond acceptors (Lipinski definition) is 9. The van der Waals surface area contributed by atoms with Crippen LogP contribution in [0.15, 0.2) is 24.3 Å². The van der Waals surface area contributed by atoms with Crippen LogP contribution in [0.1, 0.15) is 24.0 Å². The summed E-state index contributed by atoms with van der Waals surface area (Å²) in [6.07, 6.45) is 2.67. The Morgan fingerprint density at radius 3 is 2.54 bits per heavy atom. The topological polar surface area (TPSA) is 213 Å². The highest BCUT2D eigenvalue weighted by atomic mass is 32.1. The van der Waals surface area contributed by atoms with Crippen molar-refractivity contribution in [3.05, 3.63) is 35.4 Å². The lowest BCUT2D eigenvalue weighted by molar-refractivity contribution is -0.145. The standard InChI is InChI=1S/C23H33N8O5S/c24-16(6-3-7-27-23(25)26)20(34)30-18(13-37)21(35)29-12-19(33)31(8-9-32)22(36)17-10-14-4-1-2-5-15(14)11-28-17/h1-2,4-5,16-18,28,37H,3,6-8,10-13,24H2,(H,29,35)(H,30,34)(H4,25,26,27)/t16-,17?,18-/m0/s1. The van der Waals surface area contributed by atoms with E-state index in [1.807, 2.05) is 24.3 Å². The molecule has 0 bridgehead atoms.